The number of nitrogens with zero attached hydrogens (tertiary/aromatic N) is 1. The highest BCUT2D eigenvalue weighted by molar-refractivity contribution is 6.00. The second-order valence-corrected chi connectivity index (χ2v) is 4.97. The lowest BCUT2D eigenvalue weighted by Gasteiger charge is -2.30. The van der Waals surface area contributed by atoms with Gasteiger partial charge in [-0.05, 0) is 25.1 Å². The minimum Gasteiger partial charge on any atom is -0.399 e. The fourth-order valence-electron chi connectivity index (χ4n) is 2.24. The van der Waals surface area contributed by atoms with Crippen LogP contribution in [0.1, 0.15) is 17.3 Å². The summed E-state index contributed by atoms with van der Waals surface area (Å²) >= 11 is 0. The zero-order valence-corrected chi connectivity index (χ0v) is 12.0. The normalized spacial score (nSPS) is 16.3. The number of nitrogens with two attached hydrogens (primary N) is 2. The maximum atomic E-state index is 12.3. The Bertz CT molecular complexity index is 541. The van der Waals surface area contributed by atoms with Crippen molar-refractivity contribution in [1.29, 1.82) is 0 Å². The van der Waals surface area contributed by atoms with Gasteiger partial charge in [-0.3, -0.25) is 9.59 Å². The Balaban J connectivity index is 2.10. The molecule has 5 N–H and O–H groups in total. The van der Waals surface area contributed by atoms with E-state index in [1.807, 2.05) is 0 Å². The number of nitrogens with one attached hydrogen (secondary N) is 1. The third-order valence-corrected chi connectivity index (χ3v) is 3.37. The molecular weight excluding hydrogens is 272 g/mol. The first-order valence-corrected chi connectivity index (χ1v) is 6.81. The van der Waals surface area contributed by atoms with Crippen LogP contribution in [0.4, 0.5) is 11.4 Å². The van der Waals surface area contributed by atoms with E-state index < -0.39 is 11.9 Å². The van der Waals surface area contributed by atoms with E-state index in [0.717, 1.165) is 0 Å². The summed E-state index contributed by atoms with van der Waals surface area (Å²) in [7, 11) is 0. The van der Waals surface area contributed by atoms with Gasteiger partial charge in [-0.2, -0.15) is 0 Å². The predicted molar refractivity (Wildman–Crippen MR) is 79.9 cm³/mol. The van der Waals surface area contributed by atoms with Crippen LogP contribution in [0.25, 0.3) is 0 Å². The Labute approximate surface area is 123 Å². The first-order chi connectivity index (χ1) is 9.99. The summed E-state index contributed by atoms with van der Waals surface area (Å²) in [6.45, 7) is 4.00. The number of hydrogen-bond donors (Lipinski definition) is 3. The molecule has 0 saturated carbocycles. The Hall–Kier alpha value is -2.28. The number of benzene rings is 1. The number of hydrogen-bond acceptors (Lipinski definition) is 5. The lowest BCUT2D eigenvalue weighted by molar-refractivity contribution is -0.135. The molecule has 1 aromatic rings. The Morgan fingerprint density at radius 1 is 1.33 bits per heavy atom. The number of morpholine rings is 1. The first kappa shape index (κ1) is 15.1. The number of ether oxygens (including phenoxy) is 1. The van der Waals surface area contributed by atoms with Crippen LogP contribution in [0.3, 0.4) is 0 Å². The van der Waals surface area contributed by atoms with Gasteiger partial charge in [-0.25, -0.2) is 0 Å². The second kappa shape index (κ2) is 6.45. The van der Waals surface area contributed by atoms with Crippen LogP contribution < -0.4 is 16.8 Å². The van der Waals surface area contributed by atoms with Gasteiger partial charge in [-0.15, -0.1) is 0 Å². The molecule has 0 radical (unpaired) electrons. The van der Waals surface area contributed by atoms with Gasteiger partial charge < -0.3 is 26.4 Å². The monoisotopic (exact) mass is 292 g/mol. The summed E-state index contributed by atoms with van der Waals surface area (Å²) in [4.78, 5) is 25.5. The molecule has 1 fully saturated rings. The minimum atomic E-state index is -0.587. The quantitative estimate of drug-likeness (QED) is 0.678. The topological polar surface area (TPSA) is 111 Å². The Kier molecular flexibility index (Phi) is 4.64. The minimum absolute atomic E-state index is 0.0365. The summed E-state index contributed by atoms with van der Waals surface area (Å²) in [5, 5.41) is 3.03. The van der Waals surface area contributed by atoms with Crippen LogP contribution in [-0.4, -0.2) is 49.1 Å². The number of carbonyl (C=O) groups excluding carboxylic acids is 2. The zero-order chi connectivity index (χ0) is 15.4. The summed E-state index contributed by atoms with van der Waals surface area (Å²) < 4.78 is 5.22. The van der Waals surface area contributed by atoms with E-state index in [9.17, 15) is 9.59 Å². The molecule has 1 atom stereocenters. The van der Waals surface area contributed by atoms with Gasteiger partial charge in [0.05, 0.1) is 18.8 Å². The van der Waals surface area contributed by atoms with Gasteiger partial charge in [0.25, 0.3) is 5.91 Å². The molecule has 21 heavy (non-hydrogen) atoms. The molecule has 2 rings (SSSR count). The van der Waals surface area contributed by atoms with Crippen LogP contribution in [0.2, 0.25) is 0 Å². The van der Waals surface area contributed by atoms with Gasteiger partial charge in [-0.1, -0.05) is 0 Å². The molecule has 0 aliphatic carbocycles. The van der Waals surface area contributed by atoms with Crippen molar-refractivity contribution in [2.45, 2.75) is 13.0 Å². The molecular formula is C14H20N4O3. The maximum Gasteiger partial charge on any atom is 0.250 e. The van der Waals surface area contributed by atoms with Crippen LogP contribution in [-0.2, 0) is 9.53 Å². The van der Waals surface area contributed by atoms with E-state index in [1.165, 1.54) is 6.07 Å². The largest absolute Gasteiger partial charge is 0.399 e. The first-order valence-electron chi connectivity index (χ1n) is 6.81. The maximum absolute atomic E-state index is 12.3. The number of anilines is 2. The fraction of sp³-hybridized carbons (Fsp3) is 0.429. The molecule has 0 spiro atoms. The summed E-state index contributed by atoms with van der Waals surface area (Å²) in [5.74, 6) is -0.624. The molecule has 1 aromatic carbocycles. The molecule has 114 valence electrons. The summed E-state index contributed by atoms with van der Waals surface area (Å²) in [6, 6.07) is 4.33. The van der Waals surface area contributed by atoms with E-state index in [0.29, 0.717) is 37.7 Å². The highest BCUT2D eigenvalue weighted by Crippen LogP contribution is 2.19. The predicted octanol–water partition coefficient (Wildman–Crippen LogP) is 0.0269. The number of rotatable bonds is 4. The zero-order valence-electron chi connectivity index (χ0n) is 12.0. The average molecular weight is 292 g/mol. The number of primary amides is 1. The molecule has 1 unspecified atom stereocenters. The van der Waals surface area contributed by atoms with Crippen LogP contribution >= 0.6 is 0 Å². The lowest BCUT2D eigenvalue weighted by atomic mass is 10.1. The van der Waals surface area contributed by atoms with Crippen molar-refractivity contribution >= 4 is 23.2 Å². The van der Waals surface area contributed by atoms with Gasteiger partial charge in [0.2, 0.25) is 5.91 Å². The number of nitrogen functional groups attached to an aromatic ring is 1. The third kappa shape index (κ3) is 3.63. The molecule has 1 heterocycles. The van der Waals surface area contributed by atoms with Gasteiger partial charge in [0, 0.05) is 24.5 Å². The highest BCUT2D eigenvalue weighted by atomic mass is 16.5. The SMILES string of the molecule is CC(Nc1ccc(N)cc1C(N)=O)C(=O)N1CCOCC1. The van der Waals surface area contributed by atoms with E-state index in [2.05, 4.69) is 5.32 Å². The van der Waals surface area contributed by atoms with E-state index in [1.54, 1.807) is 24.0 Å². The molecule has 0 bridgehead atoms. The van der Waals surface area contributed by atoms with E-state index in [4.69, 9.17) is 16.2 Å². The second-order valence-electron chi connectivity index (χ2n) is 4.97. The van der Waals surface area contributed by atoms with Crippen LogP contribution in [0.5, 0.6) is 0 Å². The standard InChI is InChI=1S/C14H20N4O3/c1-9(14(20)18-4-6-21-7-5-18)17-12-3-2-10(15)8-11(12)13(16)19/h2-3,8-9,17H,4-7,15H2,1H3,(H2,16,19). The molecule has 1 saturated heterocycles. The Morgan fingerprint density at radius 3 is 2.62 bits per heavy atom. The van der Waals surface area contributed by atoms with Crippen molar-refractivity contribution in [3.05, 3.63) is 23.8 Å². The van der Waals surface area contributed by atoms with Crippen molar-refractivity contribution < 1.29 is 14.3 Å². The van der Waals surface area contributed by atoms with E-state index in [-0.39, 0.29) is 11.5 Å². The van der Waals surface area contributed by atoms with Crippen molar-refractivity contribution in [2.75, 3.05) is 37.4 Å². The van der Waals surface area contributed by atoms with E-state index >= 15 is 0 Å². The summed E-state index contributed by atoms with van der Waals surface area (Å²) in [5.41, 5.74) is 12.2. The molecule has 0 aromatic heterocycles. The fourth-order valence-corrected chi connectivity index (χ4v) is 2.24. The third-order valence-electron chi connectivity index (χ3n) is 3.37. The molecule has 2 amide bonds. The van der Waals surface area contributed by atoms with Crippen molar-refractivity contribution in [1.82, 2.24) is 4.90 Å². The molecule has 7 heteroatoms. The molecule has 1 aliphatic rings. The van der Waals surface area contributed by atoms with Crippen LogP contribution in [0, 0.1) is 0 Å². The summed E-state index contributed by atoms with van der Waals surface area (Å²) in [6.07, 6.45) is 0. The highest BCUT2D eigenvalue weighted by Gasteiger charge is 2.23. The van der Waals surface area contributed by atoms with Gasteiger partial charge >= 0.3 is 0 Å². The molecule has 7 nitrogen and oxygen atoms in total. The average Bonchev–Trinajstić information content (AvgIpc) is 2.49. The van der Waals surface area contributed by atoms with Gasteiger partial charge in [0.1, 0.15) is 6.04 Å². The number of carbonyl (C=O) groups is 2. The van der Waals surface area contributed by atoms with Crippen molar-refractivity contribution in [2.24, 2.45) is 5.73 Å². The van der Waals surface area contributed by atoms with Crippen molar-refractivity contribution in [3.63, 3.8) is 0 Å². The molecule has 1 aliphatic heterocycles. The van der Waals surface area contributed by atoms with Crippen molar-refractivity contribution in [3.8, 4) is 0 Å². The smallest absolute Gasteiger partial charge is 0.250 e. The lowest BCUT2D eigenvalue weighted by Crippen LogP contribution is -2.47. The number of amides is 2. The van der Waals surface area contributed by atoms with Gasteiger partial charge in [0.15, 0.2) is 0 Å². The van der Waals surface area contributed by atoms with Crippen LogP contribution in [0.15, 0.2) is 18.2 Å². The Morgan fingerprint density at radius 2 is 2.00 bits per heavy atom.